The van der Waals surface area contributed by atoms with Gasteiger partial charge in [-0.1, -0.05) is 24.3 Å². The molecule has 6 nitrogen and oxygen atoms in total. The van der Waals surface area contributed by atoms with E-state index in [0.717, 1.165) is 11.3 Å². The number of hydrogen-bond acceptors (Lipinski definition) is 4. The highest BCUT2D eigenvalue weighted by Gasteiger charge is 2.17. The minimum atomic E-state index is -0.0407. The van der Waals surface area contributed by atoms with Crippen molar-refractivity contribution in [2.75, 3.05) is 38.8 Å². The van der Waals surface area contributed by atoms with Crippen molar-refractivity contribution in [1.82, 2.24) is 4.90 Å². The Kier molecular flexibility index (Phi) is 8.52. The van der Waals surface area contributed by atoms with Gasteiger partial charge in [0.05, 0.1) is 14.2 Å². The van der Waals surface area contributed by atoms with Gasteiger partial charge in [0, 0.05) is 38.7 Å². The lowest BCUT2D eigenvalue weighted by atomic mass is 10.1. The number of methoxy groups -OCH3 is 2. The summed E-state index contributed by atoms with van der Waals surface area (Å²) in [5, 5.41) is 0. The molecule has 0 aromatic heterocycles. The van der Waals surface area contributed by atoms with Crippen LogP contribution < -0.4 is 14.4 Å². The standard InChI is InChI=1S/C23H30N2O4/c1-5-25(20-9-7-6-8-10-20)23(27)14-16-24(18(2)26)15-13-19-11-12-21(28-3)22(17-19)29-4/h6-12,17H,5,13-16H2,1-4H3. The summed E-state index contributed by atoms with van der Waals surface area (Å²) in [6.45, 7) is 5.01. The molecule has 0 atom stereocenters. The third-order valence-corrected chi connectivity index (χ3v) is 4.84. The number of benzene rings is 2. The third-order valence-electron chi connectivity index (χ3n) is 4.84. The number of amides is 2. The van der Waals surface area contributed by atoms with Crippen molar-refractivity contribution >= 4 is 17.5 Å². The van der Waals surface area contributed by atoms with Gasteiger partial charge in [-0.15, -0.1) is 0 Å². The molecule has 0 aliphatic rings. The maximum Gasteiger partial charge on any atom is 0.228 e. The van der Waals surface area contributed by atoms with E-state index in [1.807, 2.05) is 55.5 Å². The van der Waals surface area contributed by atoms with Crippen LogP contribution in [0, 0.1) is 0 Å². The summed E-state index contributed by atoms with van der Waals surface area (Å²) >= 11 is 0. The molecule has 0 radical (unpaired) electrons. The lowest BCUT2D eigenvalue weighted by Crippen LogP contribution is -2.37. The van der Waals surface area contributed by atoms with Crippen molar-refractivity contribution in [3.63, 3.8) is 0 Å². The second kappa shape index (κ2) is 11.1. The molecule has 2 aromatic rings. The van der Waals surface area contributed by atoms with Crippen LogP contribution in [0.4, 0.5) is 5.69 Å². The summed E-state index contributed by atoms with van der Waals surface area (Å²) in [6, 6.07) is 15.3. The predicted octanol–water partition coefficient (Wildman–Crippen LogP) is 3.54. The van der Waals surface area contributed by atoms with E-state index in [0.29, 0.717) is 37.6 Å². The van der Waals surface area contributed by atoms with Crippen LogP contribution in [-0.2, 0) is 16.0 Å². The first kappa shape index (κ1) is 22.3. The summed E-state index contributed by atoms with van der Waals surface area (Å²) < 4.78 is 10.6. The topological polar surface area (TPSA) is 59.1 Å². The molecule has 0 fully saturated rings. The number of para-hydroxylation sites is 1. The summed E-state index contributed by atoms with van der Waals surface area (Å²) in [6.07, 6.45) is 0.957. The van der Waals surface area contributed by atoms with E-state index in [9.17, 15) is 9.59 Å². The van der Waals surface area contributed by atoms with Gasteiger partial charge >= 0.3 is 0 Å². The highest BCUT2D eigenvalue weighted by molar-refractivity contribution is 5.93. The zero-order valence-corrected chi connectivity index (χ0v) is 17.7. The molecule has 0 aliphatic heterocycles. The van der Waals surface area contributed by atoms with Gasteiger partial charge in [0.1, 0.15) is 0 Å². The molecular weight excluding hydrogens is 368 g/mol. The van der Waals surface area contributed by atoms with Gasteiger partial charge in [0.2, 0.25) is 11.8 Å². The van der Waals surface area contributed by atoms with E-state index in [1.54, 1.807) is 24.0 Å². The van der Waals surface area contributed by atoms with Gasteiger partial charge in [0.15, 0.2) is 11.5 Å². The van der Waals surface area contributed by atoms with E-state index in [4.69, 9.17) is 9.47 Å². The molecule has 0 saturated carbocycles. The first-order chi connectivity index (χ1) is 14.0. The highest BCUT2D eigenvalue weighted by Crippen LogP contribution is 2.27. The molecule has 0 bridgehead atoms. The largest absolute Gasteiger partial charge is 0.493 e. The molecular formula is C23H30N2O4. The van der Waals surface area contributed by atoms with E-state index >= 15 is 0 Å². The zero-order chi connectivity index (χ0) is 21.2. The predicted molar refractivity (Wildman–Crippen MR) is 115 cm³/mol. The van der Waals surface area contributed by atoms with Crippen LogP contribution >= 0.6 is 0 Å². The van der Waals surface area contributed by atoms with Crippen molar-refractivity contribution in [3.05, 3.63) is 54.1 Å². The lowest BCUT2D eigenvalue weighted by molar-refractivity contribution is -0.129. The first-order valence-electron chi connectivity index (χ1n) is 9.82. The summed E-state index contributed by atoms with van der Waals surface area (Å²) in [5.74, 6) is 1.30. The van der Waals surface area contributed by atoms with E-state index in [2.05, 4.69) is 0 Å². The number of rotatable bonds is 10. The number of carbonyl (C=O) groups excluding carboxylic acids is 2. The fraction of sp³-hybridized carbons (Fsp3) is 0.391. The second-order valence-corrected chi connectivity index (χ2v) is 6.67. The molecule has 0 spiro atoms. The lowest BCUT2D eigenvalue weighted by Gasteiger charge is -2.25. The molecule has 2 rings (SSSR count). The Morgan fingerprint density at radius 1 is 0.931 bits per heavy atom. The summed E-state index contributed by atoms with van der Waals surface area (Å²) in [4.78, 5) is 28.2. The molecule has 29 heavy (non-hydrogen) atoms. The normalized spacial score (nSPS) is 10.3. The van der Waals surface area contributed by atoms with Gasteiger partial charge < -0.3 is 19.3 Å². The van der Waals surface area contributed by atoms with Gasteiger partial charge in [0.25, 0.3) is 0 Å². The van der Waals surface area contributed by atoms with Gasteiger partial charge in [-0.2, -0.15) is 0 Å². The molecule has 0 N–H and O–H groups in total. The molecule has 0 aliphatic carbocycles. The van der Waals surface area contributed by atoms with Crippen molar-refractivity contribution in [1.29, 1.82) is 0 Å². The smallest absolute Gasteiger partial charge is 0.228 e. The molecule has 2 amide bonds. The van der Waals surface area contributed by atoms with Crippen molar-refractivity contribution in [2.45, 2.75) is 26.7 Å². The molecule has 2 aromatic carbocycles. The van der Waals surface area contributed by atoms with Crippen molar-refractivity contribution < 1.29 is 19.1 Å². The number of anilines is 1. The van der Waals surface area contributed by atoms with Crippen LogP contribution in [0.3, 0.4) is 0 Å². The summed E-state index contributed by atoms with van der Waals surface area (Å²) in [5.41, 5.74) is 1.92. The van der Waals surface area contributed by atoms with E-state index < -0.39 is 0 Å². The molecule has 0 saturated heterocycles. The van der Waals surface area contributed by atoms with Crippen LogP contribution in [-0.4, -0.2) is 50.6 Å². The number of ether oxygens (including phenoxy) is 2. The van der Waals surface area contributed by atoms with Gasteiger partial charge in [-0.05, 0) is 43.2 Å². The van der Waals surface area contributed by atoms with Crippen LogP contribution in [0.2, 0.25) is 0 Å². The fourth-order valence-electron chi connectivity index (χ4n) is 3.20. The number of nitrogens with zero attached hydrogens (tertiary/aromatic N) is 2. The Labute approximate surface area is 173 Å². The Hall–Kier alpha value is -3.02. The van der Waals surface area contributed by atoms with Gasteiger partial charge in [-0.3, -0.25) is 9.59 Å². The maximum atomic E-state index is 12.7. The first-order valence-corrected chi connectivity index (χ1v) is 9.82. The van der Waals surface area contributed by atoms with Crippen LogP contribution in [0.1, 0.15) is 25.8 Å². The Bertz CT molecular complexity index is 808. The van der Waals surface area contributed by atoms with Crippen LogP contribution in [0.25, 0.3) is 0 Å². The highest BCUT2D eigenvalue weighted by atomic mass is 16.5. The molecule has 0 unspecified atom stereocenters. The monoisotopic (exact) mass is 398 g/mol. The van der Waals surface area contributed by atoms with E-state index in [-0.39, 0.29) is 18.2 Å². The van der Waals surface area contributed by atoms with Crippen LogP contribution in [0.15, 0.2) is 48.5 Å². The molecule has 156 valence electrons. The number of carbonyl (C=O) groups is 2. The SMILES string of the molecule is CCN(C(=O)CCN(CCc1ccc(OC)c(OC)c1)C(C)=O)c1ccccc1. The van der Waals surface area contributed by atoms with Crippen LogP contribution in [0.5, 0.6) is 11.5 Å². The average Bonchev–Trinajstić information content (AvgIpc) is 2.74. The van der Waals surface area contributed by atoms with Gasteiger partial charge in [-0.25, -0.2) is 0 Å². The van der Waals surface area contributed by atoms with Crippen molar-refractivity contribution in [3.8, 4) is 11.5 Å². The minimum Gasteiger partial charge on any atom is -0.493 e. The molecule has 0 heterocycles. The fourth-order valence-corrected chi connectivity index (χ4v) is 3.20. The number of hydrogen-bond donors (Lipinski definition) is 0. The zero-order valence-electron chi connectivity index (χ0n) is 17.7. The minimum absolute atomic E-state index is 0.0102. The van der Waals surface area contributed by atoms with E-state index in [1.165, 1.54) is 6.92 Å². The van der Waals surface area contributed by atoms with Crippen molar-refractivity contribution in [2.24, 2.45) is 0 Å². The Morgan fingerprint density at radius 2 is 1.62 bits per heavy atom. The maximum absolute atomic E-state index is 12.7. The third kappa shape index (κ3) is 6.24. The Morgan fingerprint density at radius 3 is 2.21 bits per heavy atom. The average molecular weight is 399 g/mol. The summed E-state index contributed by atoms with van der Waals surface area (Å²) in [7, 11) is 3.20. The Balaban J connectivity index is 1.96. The second-order valence-electron chi connectivity index (χ2n) is 6.67. The quantitative estimate of drug-likeness (QED) is 0.614. The molecule has 6 heteroatoms.